The van der Waals surface area contributed by atoms with Crippen LogP contribution in [0.25, 0.3) is 0 Å². The lowest BCUT2D eigenvalue weighted by Crippen LogP contribution is -2.06. The number of benzene rings is 2. The molecule has 0 saturated carbocycles. The van der Waals surface area contributed by atoms with Crippen LogP contribution in [0.2, 0.25) is 0 Å². The highest BCUT2D eigenvalue weighted by Crippen LogP contribution is 2.34. The summed E-state index contributed by atoms with van der Waals surface area (Å²) in [6.07, 6.45) is 0. The SMILES string of the molecule is CC(=O)Nc1ccc(Nc2c(C(C)C)cccc2C(C)C)cc1. The van der Waals surface area contributed by atoms with Crippen LogP contribution in [0.1, 0.15) is 57.6 Å². The highest BCUT2D eigenvalue weighted by atomic mass is 16.1. The van der Waals surface area contributed by atoms with E-state index in [0.717, 1.165) is 11.4 Å². The molecule has 3 heteroatoms. The van der Waals surface area contributed by atoms with Crippen molar-refractivity contribution in [3.8, 4) is 0 Å². The number of carbonyl (C=O) groups is 1. The van der Waals surface area contributed by atoms with Gasteiger partial charge in [0.2, 0.25) is 5.91 Å². The predicted molar refractivity (Wildman–Crippen MR) is 98.6 cm³/mol. The minimum absolute atomic E-state index is 0.0574. The summed E-state index contributed by atoms with van der Waals surface area (Å²) in [6, 6.07) is 14.3. The van der Waals surface area contributed by atoms with E-state index >= 15 is 0 Å². The van der Waals surface area contributed by atoms with Crippen molar-refractivity contribution in [3.63, 3.8) is 0 Å². The molecule has 2 aromatic carbocycles. The van der Waals surface area contributed by atoms with Crippen LogP contribution in [-0.2, 0) is 4.79 Å². The summed E-state index contributed by atoms with van der Waals surface area (Å²) >= 11 is 0. The fourth-order valence-corrected chi connectivity index (χ4v) is 2.68. The van der Waals surface area contributed by atoms with Gasteiger partial charge in [0.1, 0.15) is 0 Å². The summed E-state index contributed by atoms with van der Waals surface area (Å²) in [4.78, 5) is 11.1. The van der Waals surface area contributed by atoms with Gasteiger partial charge in [0, 0.05) is 24.0 Å². The molecule has 0 heterocycles. The number of carbonyl (C=O) groups excluding carboxylic acids is 1. The lowest BCUT2D eigenvalue weighted by molar-refractivity contribution is -0.114. The normalized spacial score (nSPS) is 10.9. The molecule has 2 N–H and O–H groups in total. The van der Waals surface area contributed by atoms with Crippen LogP contribution in [0, 0.1) is 0 Å². The van der Waals surface area contributed by atoms with Crippen LogP contribution in [0.15, 0.2) is 42.5 Å². The Morgan fingerprint density at radius 2 is 1.30 bits per heavy atom. The first-order chi connectivity index (χ1) is 10.9. The highest BCUT2D eigenvalue weighted by Gasteiger charge is 2.13. The van der Waals surface area contributed by atoms with Gasteiger partial charge in [-0.25, -0.2) is 0 Å². The summed E-state index contributed by atoms with van der Waals surface area (Å²) in [6.45, 7) is 10.4. The monoisotopic (exact) mass is 310 g/mol. The Bertz CT molecular complexity index is 646. The van der Waals surface area contributed by atoms with Gasteiger partial charge in [-0.2, -0.15) is 0 Å². The van der Waals surface area contributed by atoms with Gasteiger partial charge in [-0.15, -0.1) is 0 Å². The van der Waals surface area contributed by atoms with E-state index in [0.29, 0.717) is 11.8 Å². The van der Waals surface area contributed by atoms with E-state index in [9.17, 15) is 4.79 Å². The van der Waals surface area contributed by atoms with Crippen molar-refractivity contribution in [1.29, 1.82) is 0 Å². The molecule has 0 bridgehead atoms. The quantitative estimate of drug-likeness (QED) is 0.751. The van der Waals surface area contributed by atoms with Crippen molar-refractivity contribution in [2.45, 2.75) is 46.5 Å². The first kappa shape index (κ1) is 17.1. The zero-order valence-corrected chi connectivity index (χ0v) is 14.6. The molecular formula is C20H26N2O. The minimum Gasteiger partial charge on any atom is -0.355 e. The second kappa shape index (κ2) is 7.32. The summed E-state index contributed by atoms with van der Waals surface area (Å²) < 4.78 is 0. The molecule has 0 spiro atoms. The standard InChI is InChI=1S/C20H26N2O/c1-13(2)18-7-6-8-19(14(3)4)20(18)22-17-11-9-16(10-12-17)21-15(5)23/h6-14,22H,1-5H3,(H,21,23). The largest absolute Gasteiger partial charge is 0.355 e. The molecule has 0 atom stereocenters. The molecule has 1 amide bonds. The Labute approximate surface area is 139 Å². The van der Waals surface area contributed by atoms with Crippen molar-refractivity contribution >= 4 is 23.0 Å². The van der Waals surface area contributed by atoms with Crippen LogP contribution in [0.3, 0.4) is 0 Å². The van der Waals surface area contributed by atoms with Gasteiger partial charge < -0.3 is 10.6 Å². The summed E-state index contributed by atoms with van der Waals surface area (Å²) in [5, 5.41) is 6.36. The molecule has 122 valence electrons. The maximum absolute atomic E-state index is 11.1. The number of rotatable bonds is 5. The molecule has 0 fully saturated rings. The van der Waals surface area contributed by atoms with E-state index in [1.165, 1.54) is 23.7 Å². The van der Waals surface area contributed by atoms with Crippen LogP contribution in [0.4, 0.5) is 17.1 Å². The molecule has 0 aliphatic heterocycles. The average molecular weight is 310 g/mol. The Hall–Kier alpha value is -2.29. The smallest absolute Gasteiger partial charge is 0.221 e. The van der Waals surface area contributed by atoms with E-state index in [1.807, 2.05) is 24.3 Å². The zero-order valence-electron chi connectivity index (χ0n) is 14.6. The molecule has 0 aromatic heterocycles. The summed E-state index contributed by atoms with van der Waals surface area (Å²) in [5.74, 6) is 0.850. The zero-order chi connectivity index (χ0) is 17.0. The number of nitrogens with one attached hydrogen (secondary N) is 2. The summed E-state index contributed by atoms with van der Waals surface area (Å²) in [5.41, 5.74) is 5.67. The van der Waals surface area contributed by atoms with E-state index in [4.69, 9.17) is 0 Å². The van der Waals surface area contributed by atoms with Crippen molar-refractivity contribution in [2.75, 3.05) is 10.6 Å². The topological polar surface area (TPSA) is 41.1 Å². The molecule has 0 aliphatic rings. The van der Waals surface area contributed by atoms with Crippen molar-refractivity contribution in [3.05, 3.63) is 53.6 Å². The van der Waals surface area contributed by atoms with Crippen LogP contribution in [-0.4, -0.2) is 5.91 Å². The first-order valence-corrected chi connectivity index (χ1v) is 8.16. The van der Waals surface area contributed by atoms with Gasteiger partial charge in [-0.05, 0) is 47.2 Å². The van der Waals surface area contributed by atoms with Crippen molar-refractivity contribution < 1.29 is 4.79 Å². The predicted octanol–water partition coefficient (Wildman–Crippen LogP) is 5.64. The average Bonchev–Trinajstić information content (AvgIpc) is 2.48. The molecule has 2 aromatic rings. The van der Waals surface area contributed by atoms with E-state index in [2.05, 4.69) is 56.5 Å². The minimum atomic E-state index is -0.0574. The highest BCUT2D eigenvalue weighted by molar-refractivity contribution is 5.88. The van der Waals surface area contributed by atoms with Gasteiger partial charge in [0.15, 0.2) is 0 Å². The van der Waals surface area contributed by atoms with Gasteiger partial charge in [0.05, 0.1) is 0 Å². The first-order valence-electron chi connectivity index (χ1n) is 8.16. The van der Waals surface area contributed by atoms with Gasteiger partial charge in [0.25, 0.3) is 0 Å². The molecular weight excluding hydrogens is 284 g/mol. The fraction of sp³-hybridized carbons (Fsp3) is 0.350. The lowest BCUT2D eigenvalue weighted by atomic mass is 9.92. The molecule has 0 saturated heterocycles. The number of hydrogen-bond acceptors (Lipinski definition) is 2. The molecule has 2 rings (SSSR count). The molecule has 0 unspecified atom stereocenters. The number of hydrogen-bond donors (Lipinski definition) is 2. The summed E-state index contributed by atoms with van der Waals surface area (Å²) in [7, 11) is 0. The van der Waals surface area contributed by atoms with E-state index in [-0.39, 0.29) is 5.91 Å². The molecule has 3 nitrogen and oxygen atoms in total. The van der Waals surface area contributed by atoms with E-state index in [1.54, 1.807) is 0 Å². The number of amides is 1. The van der Waals surface area contributed by atoms with Gasteiger partial charge in [-0.3, -0.25) is 4.79 Å². The third kappa shape index (κ3) is 4.35. The molecule has 0 radical (unpaired) electrons. The Kier molecular flexibility index (Phi) is 5.43. The Morgan fingerprint density at radius 3 is 1.74 bits per heavy atom. The Balaban J connectivity index is 2.33. The van der Waals surface area contributed by atoms with Gasteiger partial charge in [-0.1, -0.05) is 45.9 Å². The number of anilines is 3. The van der Waals surface area contributed by atoms with E-state index < -0.39 is 0 Å². The Morgan fingerprint density at radius 1 is 0.826 bits per heavy atom. The van der Waals surface area contributed by atoms with Gasteiger partial charge >= 0.3 is 0 Å². The van der Waals surface area contributed by atoms with Crippen molar-refractivity contribution in [1.82, 2.24) is 0 Å². The van der Waals surface area contributed by atoms with Crippen LogP contribution >= 0.6 is 0 Å². The third-order valence-electron chi connectivity index (χ3n) is 3.85. The van der Waals surface area contributed by atoms with Crippen LogP contribution in [0.5, 0.6) is 0 Å². The van der Waals surface area contributed by atoms with Crippen LogP contribution < -0.4 is 10.6 Å². The second-order valence-electron chi connectivity index (χ2n) is 6.50. The molecule has 0 aliphatic carbocycles. The second-order valence-corrected chi connectivity index (χ2v) is 6.50. The van der Waals surface area contributed by atoms with Crippen molar-refractivity contribution in [2.24, 2.45) is 0 Å². The maximum atomic E-state index is 11.1. The number of para-hydroxylation sites is 1. The lowest BCUT2D eigenvalue weighted by Gasteiger charge is -2.21. The third-order valence-corrected chi connectivity index (χ3v) is 3.85. The fourth-order valence-electron chi connectivity index (χ4n) is 2.68. The molecule has 23 heavy (non-hydrogen) atoms. The maximum Gasteiger partial charge on any atom is 0.221 e.